The largest absolute Gasteiger partial charge is 0.495 e. The summed E-state index contributed by atoms with van der Waals surface area (Å²) in [6, 6.07) is 11.6. The van der Waals surface area contributed by atoms with E-state index in [9.17, 15) is 0 Å². The SMILES string of the molecule is COc1cc2c(cc1Cl)C(c1ccc(Cl)cc1)N=NC(C)C2. The highest BCUT2D eigenvalue weighted by Crippen LogP contribution is 2.38. The lowest BCUT2D eigenvalue weighted by molar-refractivity contribution is 0.414. The van der Waals surface area contributed by atoms with E-state index in [1.54, 1.807) is 7.11 Å². The number of methoxy groups -OCH3 is 1. The van der Waals surface area contributed by atoms with E-state index in [0.29, 0.717) is 15.8 Å². The summed E-state index contributed by atoms with van der Waals surface area (Å²) in [7, 11) is 1.62. The lowest BCUT2D eigenvalue weighted by atomic mass is 9.92. The van der Waals surface area contributed by atoms with E-state index >= 15 is 0 Å². The molecule has 2 atom stereocenters. The van der Waals surface area contributed by atoms with Crippen LogP contribution in [-0.2, 0) is 6.42 Å². The van der Waals surface area contributed by atoms with Gasteiger partial charge in [0.25, 0.3) is 0 Å². The van der Waals surface area contributed by atoms with Crippen LogP contribution in [0.4, 0.5) is 0 Å². The molecule has 0 N–H and O–H groups in total. The van der Waals surface area contributed by atoms with Crippen LogP contribution in [-0.4, -0.2) is 13.2 Å². The molecule has 5 heteroatoms. The molecule has 22 heavy (non-hydrogen) atoms. The maximum Gasteiger partial charge on any atom is 0.137 e. The van der Waals surface area contributed by atoms with Gasteiger partial charge in [-0.2, -0.15) is 10.2 Å². The van der Waals surface area contributed by atoms with Crippen LogP contribution in [0, 0.1) is 0 Å². The number of nitrogens with zero attached hydrogens (tertiary/aromatic N) is 2. The smallest absolute Gasteiger partial charge is 0.137 e. The van der Waals surface area contributed by atoms with Gasteiger partial charge in [-0.1, -0.05) is 35.3 Å². The monoisotopic (exact) mass is 334 g/mol. The van der Waals surface area contributed by atoms with Crippen molar-refractivity contribution in [2.75, 3.05) is 7.11 Å². The van der Waals surface area contributed by atoms with E-state index in [1.807, 2.05) is 36.4 Å². The molecular formula is C17H16Cl2N2O. The third kappa shape index (κ3) is 2.96. The highest BCUT2D eigenvalue weighted by atomic mass is 35.5. The second kappa shape index (κ2) is 6.27. The first kappa shape index (κ1) is 15.3. The van der Waals surface area contributed by atoms with Crippen molar-refractivity contribution >= 4 is 23.2 Å². The highest BCUT2D eigenvalue weighted by molar-refractivity contribution is 6.32. The number of hydrogen-bond donors (Lipinski definition) is 0. The Labute approximate surface area is 139 Å². The fourth-order valence-corrected chi connectivity index (χ4v) is 3.07. The molecule has 0 radical (unpaired) electrons. The number of hydrogen-bond acceptors (Lipinski definition) is 3. The van der Waals surface area contributed by atoms with Gasteiger partial charge in [0.1, 0.15) is 11.8 Å². The Balaban J connectivity index is 2.13. The molecule has 2 aromatic carbocycles. The van der Waals surface area contributed by atoms with Crippen molar-refractivity contribution in [3.05, 3.63) is 63.1 Å². The molecule has 0 amide bonds. The molecule has 0 saturated heterocycles. The fourth-order valence-electron chi connectivity index (χ4n) is 2.69. The molecule has 2 aromatic rings. The molecular weight excluding hydrogens is 319 g/mol. The first-order valence-electron chi connectivity index (χ1n) is 7.10. The van der Waals surface area contributed by atoms with Crippen LogP contribution in [0.5, 0.6) is 5.75 Å². The number of azo groups is 1. The number of fused-ring (bicyclic) bond motifs is 1. The van der Waals surface area contributed by atoms with Gasteiger partial charge in [-0.15, -0.1) is 0 Å². The molecule has 114 valence electrons. The van der Waals surface area contributed by atoms with Crippen LogP contribution in [0.25, 0.3) is 0 Å². The minimum absolute atomic E-state index is 0.127. The van der Waals surface area contributed by atoms with Crippen LogP contribution in [0.2, 0.25) is 10.0 Å². The molecule has 2 unspecified atom stereocenters. The zero-order chi connectivity index (χ0) is 15.7. The lowest BCUT2D eigenvalue weighted by Crippen LogP contribution is -2.05. The second-order valence-electron chi connectivity index (χ2n) is 5.42. The molecule has 0 aromatic heterocycles. The van der Waals surface area contributed by atoms with Gasteiger partial charge in [-0.3, -0.25) is 0 Å². The third-order valence-corrected chi connectivity index (χ3v) is 4.34. The van der Waals surface area contributed by atoms with Gasteiger partial charge in [0.05, 0.1) is 18.2 Å². The first-order valence-corrected chi connectivity index (χ1v) is 7.86. The molecule has 1 aliphatic rings. The summed E-state index contributed by atoms with van der Waals surface area (Å²) in [6.45, 7) is 2.05. The zero-order valence-corrected chi connectivity index (χ0v) is 13.9. The number of benzene rings is 2. The lowest BCUT2D eigenvalue weighted by Gasteiger charge is -2.16. The molecule has 0 spiro atoms. The predicted molar refractivity (Wildman–Crippen MR) is 89.3 cm³/mol. The summed E-state index contributed by atoms with van der Waals surface area (Å²) < 4.78 is 5.33. The standard InChI is InChI=1S/C17H16Cl2N2O/c1-10-7-12-8-16(22-2)15(19)9-14(12)17(21-20-10)11-3-5-13(18)6-4-11/h3-6,8-10,17H,7H2,1-2H3. The minimum atomic E-state index is -0.166. The molecule has 3 nitrogen and oxygen atoms in total. The van der Waals surface area contributed by atoms with Crippen molar-refractivity contribution in [3.8, 4) is 5.75 Å². The summed E-state index contributed by atoms with van der Waals surface area (Å²) >= 11 is 12.3. The van der Waals surface area contributed by atoms with Gasteiger partial charge in [0, 0.05) is 5.02 Å². The average molecular weight is 335 g/mol. The number of halogens is 2. The van der Waals surface area contributed by atoms with Crippen LogP contribution >= 0.6 is 23.2 Å². The Morgan fingerprint density at radius 2 is 1.82 bits per heavy atom. The molecule has 0 saturated carbocycles. The van der Waals surface area contributed by atoms with Crippen molar-refractivity contribution in [3.63, 3.8) is 0 Å². The Kier molecular flexibility index (Phi) is 4.37. The average Bonchev–Trinajstić information content (AvgIpc) is 2.66. The predicted octanol–water partition coefficient (Wildman–Crippen LogP) is 5.49. The molecule has 1 heterocycles. The quantitative estimate of drug-likeness (QED) is 0.715. The Morgan fingerprint density at radius 1 is 1.09 bits per heavy atom. The van der Waals surface area contributed by atoms with Crippen molar-refractivity contribution in [2.45, 2.75) is 25.4 Å². The molecule has 3 rings (SSSR count). The van der Waals surface area contributed by atoms with Crippen LogP contribution in [0.15, 0.2) is 46.6 Å². The summed E-state index contributed by atoms with van der Waals surface area (Å²) in [5.74, 6) is 0.685. The summed E-state index contributed by atoms with van der Waals surface area (Å²) in [4.78, 5) is 0. The van der Waals surface area contributed by atoms with E-state index in [2.05, 4.69) is 17.2 Å². The van der Waals surface area contributed by atoms with Gasteiger partial charge in [0.2, 0.25) is 0 Å². The Bertz CT molecular complexity index is 713. The summed E-state index contributed by atoms with van der Waals surface area (Å²) in [6.07, 6.45) is 0.816. The number of ether oxygens (including phenoxy) is 1. The molecule has 0 fully saturated rings. The van der Waals surface area contributed by atoms with E-state index in [1.165, 1.54) is 5.56 Å². The normalized spacial score (nSPS) is 20.4. The molecule has 0 bridgehead atoms. The minimum Gasteiger partial charge on any atom is -0.495 e. The van der Waals surface area contributed by atoms with Crippen LogP contribution < -0.4 is 4.74 Å². The van der Waals surface area contributed by atoms with Crippen LogP contribution in [0.3, 0.4) is 0 Å². The van der Waals surface area contributed by atoms with E-state index in [0.717, 1.165) is 17.5 Å². The maximum atomic E-state index is 6.31. The van der Waals surface area contributed by atoms with Crippen molar-refractivity contribution < 1.29 is 4.74 Å². The van der Waals surface area contributed by atoms with E-state index in [-0.39, 0.29) is 12.1 Å². The van der Waals surface area contributed by atoms with Gasteiger partial charge in [0.15, 0.2) is 0 Å². The fraction of sp³-hybridized carbons (Fsp3) is 0.294. The van der Waals surface area contributed by atoms with Gasteiger partial charge >= 0.3 is 0 Å². The first-order chi connectivity index (χ1) is 10.6. The van der Waals surface area contributed by atoms with Crippen molar-refractivity contribution in [2.24, 2.45) is 10.2 Å². The van der Waals surface area contributed by atoms with Gasteiger partial charge < -0.3 is 4.74 Å². The van der Waals surface area contributed by atoms with E-state index in [4.69, 9.17) is 27.9 Å². The number of rotatable bonds is 2. The second-order valence-corrected chi connectivity index (χ2v) is 6.27. The highest BCUT2D eigenvalue weighted by Gasteiger charge is 2.23. The summed E-state index contributed by atoms with van der Waals surface area (Å²) in [5, 5.41) is 10.2. The van der Waals surface area contributed by atoms with Gasteiger partial charge in [-0.25, -0.2) is 0 Å². The Hall–Kier alpha value is -1.58. The van der Waals surface area contributed by atoms with Gasteiger partial charge in [-0.05, 0) is 54.3 Å². The molecule has 1 aliphatic heterocycles. The maximum absolute atomic E-state index is 6.31. The van der Waals surface area contributed by atoms with Crippen molar-refractivity contribution in [1.29, 1.82) is 0 Å². The van der Waals surface area contributed by atoms with Crippen molar-refractivity contribution in [1.82, 2.24) is 0 Å². The van der Waals surface area contributed by atoms with Crippen LogP contribution in [0.1, 0.15) is 29.7 Å². The molecule has 0 aliphatic carbocycles. The van der Waals surface area contributed by atoms with E-state index < -0.39 is 0 Å². The zero-order valence-electron chi connectivity index (χ0n) is 12.4. The summed E-state index contributed by atoms with van der Waals surface area (Å²) in [5.41, 5.74) is 3.28. The Morgan fingerprint density at radius 3 is 2.50 bits per heavy atom. The third-order valence-electron chi connectivity index (χ3n) is 3.79. The topological polar surface area (TPSA) is 34.0 Å².